The molecule has 1 saturated heterocycles. The fourth-order valence-corrected chi connectivity index (χ4v) is 6.09. The van der Waals surface area contributed by atoms with Crippen LogP contribution in [0, 0.1) is 17.8 Å². The molecular formula is C17H25N4O2S3+. The molecule has 1 aliphatic rings. The van der Waals surface area contributed by atoms with Gasteiger partial charge in [0.2, 0.25) is 5.13 Å². The van der Waals surface area contributed by atoms with Gasteiger partial charge in [0.05, 0.1) is 12.3 Å². The lowest BCUT2D eigenvalue weighted by Gasteiger charge is -2.23. The van der Waals surface area contributed by atoms with Crippen LogP contribution in [0.15, 0.2) is 18.2 Å². The minimum Gasteiger partial charge on any atom is -0.330 e. The molecule has 0 amide bonds. The number of hydrogen-bond donors (Lipinski definition) is 2. The smallest absolute Gasteiger partial charge is 0.209 e. The van der Waals surface area contributed by atoms with Gasteiger partial charge >= 0.3 is 0 Å². The topological polar surface area (TPSA) is 68.4 Å². The number of aromatic nitrogens is 2. The Morgan fingerprint density at radius 3 is 2.77 bits per heavy atom. The molecule has 1 fully saturated rings. The van der Waals surface area contributed by atoms with Crippen LogP contribution in [0.3, 0.4) is 0 Å². The number of anilines is 2. The Morgan fingerprint density at radius 2 is 2.15 bits per heavy atom. The van der Waals surface area contributed by atoms with Crippen molar-refractivity contribution >= 4 is 44.2 Å². The summed E-state index contributed by atoms with van der Waals surface area (Å²) < 4.78 is 26.1. The highest BCUT2D eigenvalue weighted by atomic mass is 32.2. The van der Waals surface area contributed by atoms with Gasteiger partial charge in [-0.15, -0.1) is 5.10 Å². The Morgan fingerprint density at radius 1 is 1.38 bits per heavy atom. The number of aryl methyl sites for hydroxylation is 2. The molecule has 2 heterocycles. The van der Waals surface area contributed by atoms with Crippen LogP contribution < -0.4 is 10.2 Å². The lowest BCUT2D eigenvalue weighted by atomic mass is 10.1. The number of hydrogen-bond acceptors (Lipinski definition) is 6. The molecule has 2 atom stereocenters. The summed E-state index contributed by atoms with van der Waals surface area (Å²) in [5, 5.41) is 8.68. The zero-order chi connectivity index (χ0) is 18.9. The highest BCUT2D eigenvalue weighted by Crippen LogP contribution is 2.22. The molecule has 26 heavy (non-hydrogen) atoms. The zero-order valence-electron chi connectivity index (χ0n) is 15.3. The Balaban J connectivity index is 1.73. The first-order valence-electron chi connectivity index (χ1n) is 8.74. The fraction of sp³-hybridized carbons (Fsp3) is 0.529. The van der Waals surface area contributed by atoms with E-state index in [1.807, 2.05) is 10.7 Å². The van der Waals surface area contributed by atoms with E-state index in [9.17, 15) is 8.42 Å². The molecule has 0 bridgehead atoms. The number of sulfone groups is 1. The third kappa shape index (κ3) is 4.51. The van der Waals surface area contributed by atoms with Crippen molar-refractivity contribution in [3.63, 3.8) is 0 Å². The fourth-order valence-electron chi connectivity index (χ4n) is 3.24. The van der Waals surface area contributed by atoms with Crippen LogP contribution in [0.5, 0.6) is 0 Å². The second-order valence-electron chi connectivity index (χ2n) is 6.87. The van der Waals surface area contributed by atoms with Crippen LogP contribution in [-0.2, 0) is 16.5 Å². The van der Waals surface area contributed by atoms with Crippen molar-refractivity contribution in [1.82, 2.24) is 9.78 Å². The summed E-state index contributed by atoms with van der Waals surface area (Å²) in [6, 6.07) is 6.34. The van der Waals surface area contributed by atoms with Gasteiger partial charge in [-0.3, -0.25) is 0 Å². The molecule has 1 aliphatic heterocycles. The molecule has 0 saturated carbocycles. The van der Waals surface area contributed by atoms with Crippen LogP contribution in [0.25, 0.3) is 0 Å². The van der Waals surface area contributed by atoms with Crippen molar-refractivity contribution in [2.24, 2.45) is 0 Å². The second-order valence-corrected chi connectivity index (χ2v) is 10.7. The van der Waals surface area contributed by atoms with Crippen molar-refractivity contribution in [2.45, 2.75) is 39.9 Å². The second kappa shape index (κ2) is 7.75. The largest absolute Gasteiger partial charge is 0.330 e. The van der Waals surface area contributed by atoms with Gasteiger partial charge in [0.25, 0.3) is 0 Å². The van der Waals surface area contributed by atoms with Crippen molar-refractivity contribution in [2.75, 3.05) is 23.4 Å². The Labute approximate surface area is 163 Å². The van der Waals surface area contributed by atoms with Gasteiger partial charge in [0.15, 0.2) is 20.5 Å². The van der Waals surface area contributed by atoms with E-state index in [4.69, 9.17) is 12.2 Å². The van der Waals surface area contributed by atoms with E-state index >= 15 is 0 Å². The lowest BCUT2D eigenvalue weighted by molar-refractivity contribution is -0.943. The minimum absolute atomic E-state index is 0.129. The molecule has 2 N–H and O–H groups in total. The number of quaternary nitrogens is 1. The van der Waals surface area contributed by atoms with Crippen molar-refractivity contribution in [3.8, 4) is 0 Å². The molecule has 9 heteroatoms. The van der Waals surface area contributed by atoms with Crippen LogP contribution in [0.2, 0.25) is 0 Å². The monoisotopic (exact) mass is 413 g/mol. The third-order valence-electron chi connectivity index (χ3n) is 4.98. The quantitative estimate of drug-likeness (QED) is 0.710. The molecule has 1 unspecified atom stereocenters. The highest BCUT2D eigenvalue weighted by Gasteiger charge is 2.35. The summed E-state index contributed by atoms with van der Waals surface area (Å²) in [5.41, 5.74) is 3.47. The predicted molar refractivity (Wildman–Crippen MR) is 109 cm³/mol. The van der Waals surface area contributed by atoms with Gasteiger partial charge in [-0.25, -0.2) is 8.42 Å². The van der Waals surface area contributed by atoms with Crippen LogP contribution in [-0.4, -0.2) is 42.3 Å². The third-order valence-corrected chi connectivity index (χ3v) is 7.97. The van der Waals surface area contributed by atoms with Crippen LogP contribution in [0.4, 0.5) is 10.8 Å². The van der Waals surface area contributed by atoms with Crippen molar-refractivity contribution < 1.29 is 13.3 Å². The van der Waals surface area contributed by atoms with Gasteiger partial charge < -0.3 is 10.2 Å². The summed E-state index contributed by atoms with van der Waals surface area (Å²) >= 11 is 6.91. The van der Waals surface area contributed by atoms with Crippen LogP contribution in [0.1, 0.15) is 24.5 Å². The van der Waals surface area contributed by atoms with Gasteiger partial charge in [-0.2, -0.15) is 4.68 Å². The van der Waals surface area contributed by atoms with Crippen LogP contribution >= 0.6 is 23.6 Å². The molecule has 0 radical (unpaired) electrons. The number of nitrogens with one attached hydrogen (secondary N) is 2. The molecule has 1 aromatic carbocycles. The molecule has 142 valence electrons. The highest BCUT2D eigenvalue weighted by molar-refractivity contribution is 7.91. The van der Waals surface area contributed by atoms with E-state index < -0.39 is 9.84 Å². The van der Waals surface area contributed by atoms with Crippen molar-refractivity contribution in [1.29, 1.82) is 0 Å². The van der Waals surface area contributed by atoms with E-state index in [2.05, 4.69) is 43.3 Å². The van der Waals surface area contributed by atoms with E-state index in [0.717, 1.165) is 23.8 Å². The Hall–Kier alpha value is -1.29. The van der Waals surface area contributed by atoms with Gasteiger partial charge in [0, 0.05) is 12.1 Å². The zero-order valence-corrected chi connectivity index (χ0v) is 17.7. The average Bonchev–Trinajstić information content (AvgIpc) is 3.10. The standard InChI is InChI=1S/C17H24N4O2S3/c1-4-20(15-7-8-26(22,23)10-15)11-21-17(24)25-16(19-21)18-14-6-5-12(2)13(3)9-14/h5-6,9,15H,4,7-8,10-11H2,1-3H3,(H,18,19)/p+1/t15-/m0/s1. The number of benzene rings is 1. The molecule has 1 aromatic heterocycles. The maximum atomic E-state index is 11.8. The summed E-state index contributed by atoms with van der Waals surface area (Å²) in [6.07, 6.45) is 0.719. The molecule has 0 aliphatic carbocycles. The molecule has 6 nitrogen and oxygen atoms in total. The first-order valence-corrected chi connectivity index (χ1v) is 11.8. The SMILES string of the molecule is CC[NH+](Cn1nc(Nc2ccc(C)c(C)c2)sc1=S)[C@H]1CCS(=O)(=O)C1. The van der Waals surface area contributed by atoms with E-state index in [0.29, 0.717) is 16.4 Å². The predicted octanol–water partition coefficient (Wildman–Crippen LogP) is 2.08. The lowest BCUT2D eigenvalue weighted by Crippen LogP contribution is -3.15. The summed E-state index contributed by atoms with van der Waals surface area (Å²) in [4.78, 5) is 1.21. The van der Waals surface area contributed by atoms with E-state index in [1.54, 1.807) is 0 Å². The maximum absolute atomic E-state index is 11.8. The number of nitrogens with zero attached hydrogens (tertiary/aromatic N) is 2. The van der Waals surface area contributed by atoms with Crippen molar-refractivity contribution in [3.05, 3.63) is 33.3 Å². The van der Waals surface area contributed by atoms with Gasteiger partial charge in [-0.05, 0) is 56.2 Å². The molecule has 0 spiro atoms. The van der Waals surface area contributed by atoms with E-state index in [1.165, 1.54) is 27.4 Å². The normalized spacial score (nSPS) is 20.2. The first-order chi connectivity index (χ1) is 12.3. The first kappa shape index (κ1) is 19.5. The average molecular weight is 414 g/mol. The maximum Gasteiger partial charge on any atom is 0.209 e. The summed E-state index contributed by atoms with van der Waals surface area (Å²) in [6.45, 7) is 7.69. The number of rotatable bonds is 6. The molecule has 2 aromatic rings. The summed E-state index contributed by atoms with van der Waals surface area (Å²) in [7, 11) is -2.88. The van der Waals surface area contributed by atoms with E-state index in [-0.39, 0.29) is 11.8 Å². The van der Waals surface area contributed by atoms with Gasteiger partial charge in [0.1, 0.15) is 11.8 Å². The van der Waals surface area contributed by atoms with Gasteiger partial charge in [-0.1, -0.05) is 17.4 Å². The summed E-state index contributed by atoms with van der Waals surface area (Å²) in [5.74, 6) is 0.560. The Kier molecular flexibility index (Phi) is 5.81. The minimum atomic E-state index is -2.88. The molecular weight excluding hydrogens is 388 g/mol. The molecule has 3 rings (SSSR count). The Bertz CT molecular complexity index is 949.